The zero-order valence-electron chi connectivity index (χ0n) is 19.1. The van der Waals surface area contributed by atoms with Crippen LogP contribution in [-0.2, 0) is 18.6 Å². The van der Waals surface area contributed by atoms with Gasteiger partial charge in [-0.2, -0.15) is 5.26 Å². The van der Waals surface area contributed by atoms with Crippen LogP contribution in [0.25, 0.3) is 0 Å². The largest absolute Gasteiger partial charge is 0.498 e. The molecule has 2 aliphatic heterocycles. The molecule has 0 radical (unpaired) electrons. The second kappa shape index (κ2) is 6.55. The second-order valence-corrected chi connectivity index (χ2v) is 10.1. The lowest BCUT2D eigenvalue weighted by Crippen LogP contribution is -2.48. The number of nitriles is 1. The van der Waals surface area contributed by atoms with Crippen LogP contribution < -0.4 is 10.9 Å². The highest BCUT2D eigenvalue weighted by Crippen LogP contribution is 2.39. The molecule has 0 amide bonds. The highest BCUT2D eigenvalue weighted by atomic mass is 19.1. The van der Waals surface area contributed by atoms with Crippen LogP contribution in [0.15, 0.2) is 0 Å². The van der Waals surface area contributed by atoms with Gasteiger partial charge in [0.25, 0.3) is 0 Å². The maximum Gasteiger partial charge on any atom is 0.498 e. The van der Waals surface area contributed by atoms with Crippen molar-refractivity contribution in [3.63, 3.8) is 0 Å². The van der Waals surface area contributed by atoms with Crippen molar-refractivity contribution in [2.24, 2.45) is 0 Å². The monoisotopic (exact) mass is 401 g/mol. The van der Waals surface area contributed by atoms with Gasteiger partial charge in [0.15, 0.2) is 0 Å². The van der Waals surface area contributed by atoms with E-state index in [4.69, 9.17) is 18.6 Å². The van der Waals surface area contributed by atoms with Gasteiger partial charge in [0, 0.05) is 10.9 Å². The summed E-state index contributed by atoms with van der Waals surface area (Å²) in [6, 6.07) is 2.21. The lowest BCUT2D eigenvalue weighted by atomic mass is 9.66. The van der Waals surface area contributed by atoms with Crippen molar-refractivity contribution in [1.29, 1.82) is 5.26 Å². The Morgan fingerprint density at radius 3 is 1.21 bits per heavy atom. The summed E-state index contributed by atoms with van der Waals surface area (Å²) in [5.41, 5.74) is -0.621. The van der Waals surface area contributed by atoms with Crippen LogP contribution >= 0.6 is 0 Å². The molecule has 0 aliphatic carbocycles. The van der Waals surface area contributed by atoms with E-state index in [1.165, 1.54) is 0 Å². The Balaban J connectivity index is 2.19. The van der Waals surface area contributed by atoms with E-state index in [1.807, 2.05) is 55.4 Å². The van der Waals surface area contributed by atoms with E-state index in [0.29, 0.717) is 16.7 Å². The van der Waals surface area contributed by atoms with E-state index < -0.39 is 42.5 Å². The van der Waals surface area contributed by atoms with Crippen molar-refractivity contribution < 1.29 is 23.0 Å². The zero-order chi connectivity index (χ0) is 22.2. The molecule has 2 saturated heterocycles. The Morgan fingerprint density at radius 1 is 0.690 bits per heavy atom. The smallest absolute Gasteiger partial charge is 0.399 e. The standard InChI is InChI=1S/C21H30B2FNO4/c1-12-14(11-25)13(2)16(23-28-20(7,8)21(9,10)29-23)17(24)15(12)22-26-18(3,4)19(5,6)27-22/h1-10H3. The molecule has 2 fully saturated rings. The van der Waals surface area contributed by atoms with E-state index in [-0.39, 0.29) is 10.9 Å². The molecule has 0 unspecified atom stereocenters. The molecule has 8 heteroatoms. The number of hydrogen-bond acceptors (Lipinski definition) is 5. The highest BCUT2D eigenvalue weighted by molar-refractivity contribution is 6.67. The van der Waals surface area contributed by atoms with Crippen LogP contribution in [0.5, 0.6) is 0 Å². The predicted molar refractivity (Wildman–Crippen MR) is 112 cm³/mol. The van der Waals surface area contributed by atoms with E-state index in [0.717, 1.165) is 0 Å². The van der Waals surface area contributed by atoms with Gasteiger partial charge < -0.3 is 18.6 Å². The molecule has 156 valence electrons. The Labute approximate surface area is 174 Å². The van der Waals surface area contributed by atoms with Crippen LogP contribution in [-0.4, -0.2) is 36.6 Å². The van der Waals surface area contributed by atoms with Crippen molar-refractivity contribution in [2.45, 2.75) is 91.6 Å². The lowest BCUT2D eigenvalue weighted by molar-refractivity contribution is 0.00578. The average molecular weight is 401 g/mol. The molecule has 3 rings (SSSR count). The first kappa shape index (κ1) is 22.3. The predicted octanol–water partition coefficient (Wildman–Crippen LogP) is 2.91. The highest BCUT2D eigenvalue weighted by Gasteiger charge is 2.56. The maximum absolute atomic E-state index is 16.0. The molecular formula is C21H30B2FNO4. The third kappa shape index (κ3) is 3.23. The van der Waals surface area contributed by atoms with Gasteiger partial charge in [-0.1, -0.05) is 0 Å². The minimum atomic E-state index is -0.922. The van der Waals surface area contributed by atoms with E-state index in [1.54, 1.807) is 13.8 Å². The van der Waals surface area contributed by atoms with Crippen molar-refractivity contribution in [3.8, 4) is 6.07 Å². The summed E-state index contributed by atoms with van der Waals surface area (Å²) in [6.45, 7) is 18.7. The lowest BCUT2D eigenvalue weighted by Gasteiger charge is -2.32. The number of rotatable bonds is 2. The summed E-state index contributed by atoms with van der Waals surface area (Å²) in [4.78, 5) is 0. The quantitative estimate of drug-likeness (QED) is 0.714. The first-order valence-electron chi connectivity index (χ1n) is 10.00. The van der Waals surface area contributed by atoms with Crippen molar-refractivity contribution in [1.82, 2.24) is 0 Å². The molecule has 0 bridgehead atoms. The first-order chi connectivity index (χ1) is 13.1. The second-order valence-electron chi connectivity index (χ2n) is 10.1. The summed E-state index contributed by atoms with van der Waals surface area (Å²) < 4.78 is 40.4. The third-order valence-electron chi connectivity index (χ3n) is 7.12. The van der Waals surface area contributed by atoms with Crippen LogP contribution in [0.3, 0.4) is 0 Å². The summed E-state index contributed by atoms with van der Waals surface area (Å²) in [7, 11) is -1.84. The average Bonchev–Trinajstić information content (AvgIpc) is 2.86. The first-order valence-corrected chi connectivity index (χ1v) is 10.00. The Bertz CT molecular complexity index is 810. The topological polar surface area (TPSA) is 60.7 Å². The van der Waals surface area contributed by atoms with E-state index in [9.17, 15) is 5.26 Å². The van der Waals surface area contributed by atoms with Crippen molar-refractivity contribution in [3.05, 3.63) is 22.5 Å². The zero-order valence-corrected chi connectivity index (χ0v) is 19.1. The molecule has 2 heterocycles. The van der Waals surface area contributed by atoms with Crippen LogP contribution in [0, 0.1) is 31.0 Å². The molecule has 0 atom stereocenters. The molecule has 1 aromatic carbocycles. The molecule has 5 nitrogen and oxygen atoms in total. The normalized spacial score (nSPS) is 24.1. The van der Waals surface area contributed by atoms with Crippen molar-refractivity contribution >= 4 is 25.2 Å². The SMILES string of the molecule is Cc1c(C#N)c(C)c(B2OC(C)(C)C(C)(C)O2)c(F)c1B1OC(C)(C)C(C)(C)O1. The summed E-state index contributed by atoms with van der Waals surface area (Å²) >= 11 is 0. The molecule has 2 aliphatic rings. The summed E-state index contributed by atoms with van der Waals surface area (Å²) in [5, 5.41) is 9.80. The van der Waals surface area contributed by atoms with Crippen molar-refractivity contribution in [2.75, 3.05) is 0 Å². The number of benzene rings is 1. The molecule has 1 aromatic rings. The maximum atomic E-state index is 16.0. The fourth-order valence-electron chi connectivity index (χ4n) is 3.67. The Kier molecular flexibility index (Phi) is 5.04. The van der Waals surface area contributed by atoms with Gasteiger partial charge in [-0.25, -0.2) is 4.39 Å². The fraction of sp³-hybridized carbons (Fsp3) is 0.667. The van der Waals surface area contributed by atoms with Gasteiger partial charge in [0.2, 0.25) is 0 Å². The molecule has 0 spiro atoms. The van der Waals surface area contributed by atoms with Gasteiger partial charge in [-0.3, -0.25) is 0 Å². The summed E-state index contributed by atoms with van der Waals surface area (Å²) in [6.07, 6.45) is 0. The van der Waals surface area contributed by atoms with Gasteiger partial charge in [-0.05, 0) is 80.4 Å². The van der Waals surface area contributed by atoms with E-state index >= 15 is 4.39 Å². The Hall–Kier alpha value is -1.39. The molecule has 0 saturated carbocycles. The fourth-order valence-corrected chi connectivity index (χ4v) is 3.67. The minimum absolute atomic E-state index is 0.232. The third-order valence-corrected chi connectivity index (χ3v) is 7.12. The van der Waals surface area contributed by atoms with Gasteiger partial charge >= 0.3 is 14.2 Å². The molecule has 0 aromatic heterocycles. The van der Waals surface area contributed by atoms with Crippen LogP contribution in [0.2, 0.25) is 0 Å². The van der Waals surface area contributed by atoms with Gasteiger partial charge in [0.1, 0.15) is 5.82 Å². The molecular weight excluding hydrogens is 371 g/mol. The summed E-state index contributed by atoms with van der Waals surface area (Å²) in [5.74, 6) is -0.504. The van der Waals surface area contributed by atoms with Gasteiger partial charge in [-0.15, -0.1) is 0 Å². The van der Waals surface area contributed by atoms with Crippen LogP contribution in [0.1, 0.15) is 72.1 Å². The number of halogens is 1. The van der Waals surface area contributed by atoms with Gasteiger partial charge in [0.05, 0.1) is 34.0 Å². The van der Waals surface area contributed by atoms with E-state index in [2.05, 4.69) is 6.07 Å². The number of hydrogen-bond donors (Lipinski definition) is 0. The minimum Gasteiger partial charge on any atom is -0.399 e. The molecule has 0 N–H and O–H groups in total. The van der Waals surface area contributed by atoms with Crippen LogP contribution in [0.4, 0.5) is 4.39 Å². The molecule has 29 heavy (non-hydrogen) atoms. The number of nitrogens with zero attached hydrogens (tertiary/aromatic N) is 1. The Morgan fingerprint density at radius 2 is 0.966 bits per heavy atom.